The largest absolute Gasteiger partial charge is 0.463 e. The zero-order chi connectivity index (χ0) is 13.8. The van der Waals surface area contributed by atoms with Crippen molar-refractivity contribution in [2.24, 2.45) is 0 Å². The monoisotopic (exact) mass is 268 g/mol. The van der Waals surface area contributed by atoms with Crippen molar-refractivity contribution in [3.8, 4) is 0 Å². The van der Waals surface area contributed by atoms with E-state index in [9.17, 15) is 4.79 Å². The van der Waals surface area contributed by atoms with Crippen molar-refractivity contribution < 1.29 is 9.53 Å². The Labute approximate surface area is 119 Å². The Kier molecular flexibility index (Phi) is 9.84. The van der Waals surface area contributed by atoms with Gasteiger partial charge in [0.25, 0.3) is 0 Å². The average molecular weight is 268 g/mol. The second-order valence-corrected chi connectivity index (χ2v) is 6.08. The van der Waals surface area contributed by atoms with Gasteiger partial charge in [0.15, 0.2) is 0 Å². The van der Waals surface area contributed by atoms with E-state index < -0.39 is 0 Å². The van der Waals surface area contributed by atoms with Crippen molar-refractivity contribution in [3.63, 3.8) is 0 Å². The first-order valence-electron chi connectivity index (χ1n) is 8.48. The smallest absolute Gasteiger partial charge is 0.306 e. The molecule has 0 amide bonds. The van der Waals surface area contributed by atoms with Crippen molar-refractivity contribution in [2.45, 2.75) is 103 Å². The van der Waals surface area contributed by atoms with Crippen LogP contribution in [0.1, 0.15) is 96.8 Å². The molecule has 2 nitrogen and oxygen atoms in total. The third kappa shape index (κ3) is 9.98. The summed E-state index contributed by atoms with van der Waals surface area (Å²) in [6.45, 7) is 2.03. The van der Waals surface area contributed by atoms with Crippen LogP contribution in [-0.4, -0.2) is 12.1 Å². The molecule has 1 aliphatic rings. The predicted octanol–water partition coefficient (Wildman–Crippen LogP) is 5.39. The molecule has 1 fully saturated rings. The first kappa shape index (κ1) is 16.5. The number of rotatable bonds is 0. The summed E-state index contributed by atoms with van der Waals surface area (Å²) in [5.41, 5.74) is 0. The molecular weight excluding hydrogens is 236 g/mol. The SMILES string of the molecule is CC1CCCCCCCCCCCCCCC(=O)O1. The van der Waals surface area contributed by atoms with E-state index in [1.807, 2.05) is 6.92 Å². The van der Waals surface area contributed by atoms with E-state index in [4.69, 9.17) is 4.74 Å². The van der Waals surface area contributed by atoms with Crippen LogP contribution in [0.3, 0.4) is 0 Å². The van der Waals surface area contributed by atoms with Crippen molar-refractivity contribution in [1.82, 2.24) is 0 Å². The van der Waals surface area contributed by atoms with Gasteiger partial charge in [-0.05, 0) is 26.2 Å². The van der Waals surface area contributed by atoms with E-state index >= 15 is 0 Å². The fourth-order valence-electron chi connectivity index (χ4n) is 2.81. The fraction of sp³-hybridized carbons (Fsp3) is 0.941. The summed E-state index contributed by atoms with van der Waals surface area (Å²) < 4.78 is 5.44. The van der Waals surface area contributed by atoms with Gasteiger partial charge in [0, 0.05) is 6.42 Å². The molecule has 0 aliphatic carbocycles. The van der Waals surface area contributed by atoms with Gasteiger partial charge in [-0.15, -0.1) is 0 Å². The molecule has 112 valence electrons. The first-order valence-corrected chi connectivity index (χ1v) is 8.48. The van der Waals surface area contributed by atoms with Crippen LogP contribution < -0.4 is 0 Å². The summed E-state index contributed by atoms with van der Waals surface area (Å²) in [5, 5.41) is 0. The molecule has 0 aromatic rings. The molecule has 1 unspecified atom stereocenters. The molecule has 2 heteroatoms. The predicted molar refractivity (Wildman–Crippen MR) is 80.2 cm³/mol. The van der Waals surface area contributed by atoms with Crippen molar-refractivity contribution >= 4 is 5.97 Å². The summed E-state index contributed by atoms with van der Waals surface area (Å²) in [5.74, 6) is 0.0109. The molecule has 1 saturated heterocycles. The number of ether oxygens (including phenoxy) is 1. The van der Waals surface area contributed by atoms with E-state index in [-0.39, 0.29) is 12.1 Å². The molecule has 1 heterocycles. The lowest BCUT2D eigenvalue weighted by Gasteiger charge is -2.13. The number of hydrogen-bond acceptors (Lipinski definition) is 2. The van der Waals surface area contributed by atoms with Gasteiger partial charge < -0.3 is 4.74 Å². The standard InChI is InChI=1S/C17H32O2/c1-16-14-12-10-8-6-4-2-3-5-7-9-11-13-15-17(18)19-16/h16H,2-15H2,1H3. The Balaban J connectivity index is 2.21. The molecule has 19 heavy (non-hydrogen) atoms. The molecular formula is C17H32O2. The summed E-state index contributed by atoms with van der Waals surface area (Å²) in [4.78, 5) is 11.6. The van der Waals surface area contributed by atoms with Gasteiger partial charge in [0.2, 0.25) is 0 Å². The van der Waals surface area contributed by atoms with Crippen molar-refractivity contribution in [2.75, 3.05) is 0 Å². The van der Waals surface area contributed by atoms with Crippen LogP contribution in [0.15, 0.2) is 0 Å². The molecule has 0 bridgehead atoms. The molecule has 1 rings (SSSR count). The van der Waals surface area contributed by atoms with E-state index in [1.165, 1.54) is 70.6 Å². The highest BCUT2D eigenvalue weighted by molar-refractivity contribution is 5.69. The number of esters is 1. The van der Waals surface area contributed by atoms with E-state index in [1.54, 1.807) is 0 Å². The Morgan fingerprint density at radius 3 is 1.68 bits per heavy atom. The van der Waals surface area contributed by atoms with Crippen molar-refractivity contribution in [1.29, 1.82) is 0 Å². The van der Waals surface area contributed by atoms with Crippen LogP contribution in [0.2, 0.25) is 0 Å². The van der Waals surface area contributed by atoms with Crippen LogP contribution in [0.25, 0.3) is 0 Å². The maximum atomic E-state index is 11.6. The summed E-state index contributed by atoms with van der Waals surface area (Å²) in [6, 6.07) is 0. The van der Waals surface area contributed by atoms with Gasteiger partial charge in [0.05, 0.1) is 6.10 Å². The second-order valence-electron chi connectivity index (χ2n) is 6.08. The van der Waals surface area contributed by atoms with Gasteiger partial charge in [-0.3, -0.25) is 4.79 Å². The Hall–Kier alpha value is -0.530. The minimum Gasteiger partial charge on any atom is -0.463 e. The van der Waals surface area contributed by atoms with Crippen LogP contribution in [0.4, 0.5) is 0 Å². The highest BCUT2D eigenvalue weighted by Crippen LogP contribution is 2.15. The summed E-state index contributed by atoms with van der Waals surface area (Å²) >= 11 is 0. The molecule has 0 radical (unpaired) electrons. The van der Waals surface area contributed by atoms with Gasteiger partial charge >= 0.3 is 5.97 Å². The molecule has 1 aliphatic heterocycles. The quantitative estimate of drug-likeness (QED) is 0.550. The molecule has 1 atom stereocenters. The second kappa shape index (κ2) is 11.3. The lowest BCUT2D eigenvalue weighted by molar-refractivity contribution is -0.148. The van der Waals surface area contributed by atoms with Gasteiger partial charge in [0.1, 0.15) is 0 Å². The maximum Gasteiger partial charge on any atom is 0.306 e. The molecule has 0 saturated carbocycles. The summed E-state index contributed by atoms with van der Waals surface area (Å²) in [6.07, 6.45) is 17.4. The van der Waals surface area contributed by atoms with Gasteiger partial charge in [-0.1, -0.05) is 64.2 Å². The fourth-order valence-corrected chi connectivity index (χ4v) is 2.81. The van der Waals surface area contributed by atoms with Gasteiger partial charge in [-0.2, -0.15) is 0 Å². The van der Waals surface area contributed by atoms with Gasteiger partial charge in [-0.25, -0.2) is 0 Å². The van der Waals surface area contributed by atoms with Crippen LogP contribution in [-0.2, 0) is 9.53 Å². The number of carbonyl (C=O) groups excluding carboxylic acids is 1. The third-order valence-electron chi connectivity index (χ3n) is 4.07. The summed E-state index contributed by atoms with van der Waals surface area (Å²) in [7, 11) is 0. The van der Waals surface area contributed by atoms with E-state index in [2.05, 4.69) is 0 Å². The molecule has 0 N–H and O–H groups in total. The van der Waals surface area contributed by atoms with Crippen LogP contribution >= 0.6 is 0 Å². The average Bonchev–Trinajstić information content (AvgIpc) is 2.38. The highest BCUT2D eigenvalue weighted by atomic mass is 16.5. The zero-order valence-corrected chi connectivity index (χ0v) is 12.8. The maximum absolute atomic E-state index is 11.6. The topological polar surface area (TPSA) is 26.3 Å². The van der Waals surface area contributed by atoms with Crippen LogP contribution in [0.5, 0.6) is 0 Å². The van der Waals surface area contributed by atoms with Crippen molar-refractivity contribution in [3.05, 3.63) is 0 Å². The highest BCUT2D eigenvalue weighted by Gasteiger charge is 2.09. The molecule has 0 aromatic carbocycles. The lowest BCUT2D eigenvalue weighted by Crippen LogP contribution is -2.14. The number of carbonyl (C=O) groups is 1. The Morgan fingerprint density at radius 2 is 1.16 bits per heavy atom. The molecule has 0 aromatic heterocycles. The van der Waals surface area contributed by atoms with E-state index in [0.29, 0.717) is 6.42 Å². The number of cyclic esters (lactones) is 1. The van der Waals surface area contributed by atoms with E-state index in [0.717, 1.165) is 12.8 Å². The van der Waals surface area contributed by atoms with Crippen LogP contribution in [0, 0.1) is 0 Å². The number of hydrogen-bond donors (Lipinski definition) is 0. The molecule has 0 spiro atoms. The Morgan fingerprint density at radius 1 is 0.737 bits per heavy atom. The zero-order valence-electron chi connectivity index (χ0n) is 12.8. The first-order chi connectivity index (χ1) is 9.29. The third-order valence-corrected chi connectivity index (χ3v) is 4.07. The minimum atomic E-state index is 0.0109. The normalized spacial score (nSPS) is 26.4. The minimum absolute atomic E-state index is 0.0109. The lowest BCUT2D eigenvalue weighted by atomic mass is 10.0. The Bertz CT molecular complexity index is 225.